The highest BCUT2D eigenvalue weighted by molar-refractivity contribution is 5.87. The number of fused-ring (bicyclic) bond motifs is 1. The van der Waals surface area contributed by atoms with Crippen LogP contribution in [0, 0.1) is 0 Å². The van der Waals surface area contributed by atoms with Crippen molar-refractivity contribution in [2.45, 2.75) is 70.0 Å². The van der Waals surface area contributed by atoms with Gasteiger partial charge in [-0.25, -0.2) is 0 Å². The van der Waals surface area contributed by atoms with Gasteiger partial charge in [0.2, 0.25) is 0 Å². The van der Waals surface area contributed by atoms with Crippen LogP contribution < -0.4 is 0 Å². The second kappa shape index (κ2) is 8.49. The van der Waals surface area contributed by atoms with Gasteiger partial charge in [-0.1, -0.05) is 99.0 Å². The zero-order valence-electron chi connectivity index (χ0n) is 17.2. The molecule has 1 heteroatoms. The maximum absolute atomic E-state index is 6.81. The van der Waals surface area contributed by atoms with Crippen LogP contribution in [0.5, 0.6) is 0 Å². The largest absolute Gasteiger partial charge is 0.374 e. The van der Waals surface area contributed by atoms with Gasteiger partial charge in [-0.3, -0.25) is 0 Å². The molecule has 1 aliphatic rings. The molecule has 3 aromatic carbocycles. The van der Waals surface area contributed by atoms with Crippen LogP contribution >= 0.6 is 0 Å². The van der Waals surface area contributed by atoms with Crippen molar-refractivity contribution in [1.29, 1.82) is 0 Å². The van der Waals surface area contributed by atoms with E-state index < -0.39 is 0 Å². The summed E-state index contributed by atoms with van der Waals surface area (Å²) in [4.78, 5) is 0. The zero-order chi connectivity index (χ0) is 19.4. The van der Waals surface area contributed by atoms with E-state index in [4.69, 9.17) is 4.74 Å². The second-order valence-corrected chi connectivity index (χ2v) is 8.26. The molecule has 0 saturated heterocycles. The minimum absolute atomic E-state index is 0.119. The Morgan fingerprint density at radius 2 is 1.54 bits per heavy atom. The number of hydrogen-bond acceptors (Lipinski definition) is 1. The quantitative estimate of drug-likeness (QED) is 0.442. The number of hydrogen-bond donors (Lipinski definition) is 0. The van der Waals surface area contributed by atoms with Gasteiger partial charge in [-0.15, -0.1) is 0 Å². The minimum Gasteiger partial charge on any atom is -0.374 e. The summed E-state index contributed by atoms with van der Waals surface area (Å²) < 4.78 is 6.81. The Bertz CT molecular complexity index is 889. The Kier molecular flexibility index (Phi) is 5.82. The highest BCUT2D eigenvalue weighted by Gasteiger charge is 2.41. The van der Waals surface area contributed by atoms with Gasteiger partial charge >= 0.3 is 0 Å². The maximum atomic E-state index is 6.81. The molecule has 0 bridgehead atoms. The molecule has 4 rings (SSSR count). The third-order valence-electron chi connectivity index (χ3n) is 6.76. The molecule has 0 radical (unpaired) electrons. The van der Waals surface area contributed by atoms with Crippen LogP contribution in [0.25, 0.3) is 10.8 Å². The van der Waals surface area contributed by atoms with E-state index in [-0.39, 0.29) is 11.5 Å². The molecule has 0 heterocycles. The standard InChI is InChI=1S/C27H32O/c1-3-27(23-15-6-4-7-16-23,21(2)28-24-17-8-5-9-18-24)26-20-12-14-22-13-10-11-19-25(22)26/h4,6-7,10-16,19-21,24H,3,5,8-9,17-18H2,1-2H3. The van der Waals surface area contributed by atoms with E-state index in [9.17, 15) is 0 Å². The smallest absolute Gasteiger partial charge is 0.0688 e. The van der Waals surface area contributed by atoms with Crippen molar-refractivity contribution in [3.8, 4) is 0 Å². The summed E-state index contributed by atoms with van der Waals surface area (Å²) in [5.41, 5.74) is 2.60. The molecule has 1 nitrogen and oxygen atoms in total. The van der Waals surface area contributed by atoms with Gasteiger partial charge in [0, 0.05) is 5.41 Å². The third-order valence-corrected chi connectivity index (χ3v) is 6.76. The summed E-state index contributed by atoms with van der Waals surface area (Å²) >= 11 is 0. The summed E-state index contributed by atoms with van der Waals surface area (Å²) in [6, 6.07) is 26.5. The first-order valence-electron chi connectivity index (χ1n) is 10.9. The Morgan fingerprint density at radius 3 is 2.29 bits per heavy atom. The van der Waals surface area contributed by atoms with Crippen molar-refractivity contribution in [3.05, 3.63) is 83.9 Å². The van der Waals surface area contributed by atoms with Crippen LogP contribution in [0.1, 0.15) is 63.5 Å². The summed E-state index contributed by atoms with van der Waals surface area (Å²) in [5, 5.41) is 2.65. The van der Waals surface area contributed by atoms with Gasteiger partial charge in [0.25, 0.3) is 0 Å². The molecule has 1 fully saturated rings. The zero-order valence-corrected chi connectivity index (χ0v) is 17.2. The third kappa shape index (κ3) is 3.49. The molecule has 2 atom stereocenters. The fourth-order valence-electron chi connectivity index (χ4n) is 5.25. The first-order valence-corrected chi connectivity index (χ1v) is 10.9. The predicted octanol–water partition coefficient (Wildman–Crippen LogP) is 7.27. The van der Waals surface area contributed by atoms with E-state index in [1.807, 2.05) is 0 Å². The maximum Gasteiger partial charge on any atom is 0.0688 e. The van der Waals surface area contributed by atoms with E-state index in [2.05, 4.69) is 86.6 Å². The van der Waals surface area contributed by atoms with E-state index in [0.717, 1.165) is 6.42 Å². The molecule has 1 aliphatic carbocycles. The molecular weight excluding hydrogens is 340 g/mol. The van der Waals surface area contributed by atoms with Crippen molar-refractivity contribution in [2.75, 3.05) is 0 Å². The first kappa shape index (κ1) is 19.2. The van der Waals surface area contributed by atoms with Crippen LogP contribution in [0.15, 0.2) is 72.8 Å². The van der Waals surface area contributed by atoms with E-state index in [1.54, 1.807) is 0 Å². The number of ether oxygens (including phenoxy) is 1. The van der Waals surface area contributed by atoms with Crippen molar-refractivity contribution < 1.29 is 4.74 Å². The Hall–Kier alpha value is -2.12. The van der Waals surface area contributed by atoms with Crippen LogP contribution in [0.4, 0.5) is 0 Å². The van der Waals surface area contributed by atoms with Gasteiger partial charge in [-0.2, -0.15) is 0 Å². The van der Waals surface area contributed by atoms with Gasteiger partial charge in [-0.05, 0) is 48.1 Å². The van der Waals surface area contributed by atoms with E-state index in [1.165, 1.54) is 54.0 Å². The Balaban J connectivity index is 1.85. The predicted molar refractivity (Wildman–Crippen MR) is 119 cm³/mol. The molecule has 2 unspecified atom stereocenters. The van der Waals surface area contributed by atoms with Crippen molar-refractivity contribution in [2.24, 2.45) is 0 Å². The average molecular weight is 373 g/mol. The fourth-order valence-corrected chi connectivity index (χ4v) is 5.25. The first-order chi connectivity index (χ1) is 13.8. The molecular formula is C27H32O. The summed E-state index contributed by atoms with van der Waals surface area (Å²) in [6.07, 6.45) is 7.89. The van der Waals surface area contributed by atoms with Gasteiger partial charge in [0.15, 0.2) is 0 Å². The molecule has 0 spiro atoms. The van der Waals surface area contributed by atoms with E-state index >= 15 is 0 Å². The fraction of sp³-hybridized carbons (Fsp3) is 0.407. The van der Waals surface area contributed by atoms with Crippen LogP contribution in [-0.2, 0) is 10.2 Å². The minimum atomic E-state index is -0.153. The molecule has 1 saturated carbocycles. The topological polar surface area (TPSA) is 9.23 Å². The van der Waals surface area contributed by atoms with Crippen molar-refractivity contribution >= 4 is 10.8 Å². The second-order valence-electron chi connectivity index (χ2n) is 8.26. The van der Waals surface area contributed by atoms with E-state index in [0.29, 0.717) is 6.10 Å². The molecule has 0 aliphatic heterocycles. The summed E-state index contributed by atoms with van der Waals surface area (Å²) in [6.45, 7) is 4.61. The normalized spacial score (nSPS) is 18.6. The van der Waals surface area contributed by atoms with Gasteiger partial charge in [0.05, 0.1) is 12.2 Å². The molecule has 0 N–H and O–H groups in total. The highest BCUT2D eigenvalue weighted by Crippen LogP contribution is 2.44. The lowest BCUT2D eigenvalue weighted by molar-refractivity contribution is -0.0509. The number of rotatable bonds is 6. The SMILES string of the molecule is CCC(c1ccccc1)(c1cccc2ccccc12)C(C)OC1CCCCC1. The molecule has 146 valence electrons. The van der Waals surface area contributed by atoms with Gasteiger partial charge in [0.1, 0.15) is 0 Å². The molecule has 3 aromatic rings. The Labute approximate surface area is 169 Å². The van der Waals surface area contributed by atoms with Crippen LogP contribution in [0.3, 0.4) is 0 Å². The number of benzene rings is 3. The lowest BCUT2D eigenvalue weighted by Gasteiger charge is -2.42. The average Bonchev–Trinajstić information content (AvgIpc) is 2.76. The van der Waals surface area contributed by atoms with Crippen molar-refractivity contribution in [1.82, 2.24) is 0 Å². The Morgan fingerprint density at radius 1 is 0.857 bits per heavy atom. The van der Waals surface area contributed by atoms with Crippen LogP contribution in [0.2, 0.25) is 0 Å². The highest BCUT2D eigenvalue weighted by atomic mass is 16.5. The molecule has 28 heavy (non-hydrogen) atoms. The summed E-state index contributed by atoms with van der Waals surface area (Å²) in [7, 11) is 0. The van der Waals surface area contributed by atoms with Crippen LogP contribution in [-0.4, -0.2) is 12.2 Å². The lowest BCUT2D eigenvalue weighted by atomic mass is 9.67. The van der Waals surface area contributed by atoms with Gasteiger partial charge < -0.3 is 4.74 Å². The monoisotopic (exact) mass is 372 g/mol. The molecule has 0 amide bonds. The molecule has 0 aromatic heterocycles. The van der Waals surface area contributed by atoms with Crippen molar-refractivity contribution in [3.63, 3.8) is 0 Å². The lowest BCUT2D eigenvalue weighted by Crippen LogP contribution is -2.42. The summed E-state index contributed by atoms with van der Waals surface area (Å²) in [5.74, 6) is 0.